The maximum absolute atomic E-state index is 14.6. The minimum Gasteiger partial charge on any atom is -0.457 e. The van der Waals surface area contributed by atoms with E-state index in [2.05, 4.69) is 15.6 Å². The van der Waals surface area contributed by atoms with Gasteiger partial charge in [-0.25, -0.2) is 4.39 Å². The fourth-order valence-electron chi connectivity index (χ4n) is 4.37. The molecule has 0 radical (unpaired) electrons. The molecule has 0 spiro atoms. The Balaban J connectivity index is 1.28. The van der Waals surface area contributed by atoms with Gasteiger partial charge in [0, 0.05) is 17.1 Å². The first-order valence-electron chi connectivity index (χ1n) is 13.4. The molecule has 0 atom stereocenters. The Labute approximate surface area is 250 Å². The summed E-state index contributed by atoms with van der Waals surface area (Å²) in [5.41, 5.74) is -3.00. The Morgan fingerprint density at radius 2 is 1.42 bits per heavy atom. The smallest absolute Gasteiger partial charge is 0.419 e. The highest BCUT2D eigenvalue weighted by Gasteiger charge is 2.35. The second kappa shape index (κ2) is 12.1. The van der Waals surface area contributed by atoms with Crippen LogP contribution in [-0.2, 0) is 21.9 Å². The first kappa shape index (κ1) is 31.3. The maximum atomic E-state index is 14.6. The first-order chi connectivity index (χ1) is 21.2. The zero-order valence-corrected chi connectivity index (χ0v) is 23.0. The molecule has 4 aromatic rings. The Bertz CT molecular complexity index is 1730. The third kappa shape index (κ3) is 7.72. The highest BCUT2D eigenvalue weighted by molar-refractivity contribution is 6.02. The lowest BCUT2D eigenvalue weighted by atomic mass is 10.1. The SMILES string of the molecule is O=C(CN(CC(=O)NC1CC1)C(=O)c1cc2ccc(C(F)(F)F)c(F)c2[nH]1)Nc1ccc(Oc2ccc(C(F)(F)F)cc2)cc1. The van der Waals surface area contributed by atoms with Gasteiger partial charge in [-0.2, -0.15) is 26.3 Å². The summed E-state index contributed by atoms with van der Waals surface area (Å²) in [7, 11) is 0. The predicted molar refractivity (Wildman–Crippen MR) is 147 cm³/mol. The summed E-state index contributed by atoms with van der Waals surface area (Å²) >= 11 is 0. The molecule has 0 saturated heterocycles. The molecule has 1 aromatic heterocycles. The Hall–Kier alpha value is -5.08. The molecule has 236 valence electrons. The van der Waals surface area contributed by atoms with Gasteiger partial charge in [0.05, 0.1) is 16.6 Å². The van der Waals surface area contributed by atoms with Crippen molar-refractivity contribution in [3.63, 3.8) is 0 Å². The largest absolute Gasteiger partial charge is 0.457 e. The van der Waals surface area contributed by atoms with E-state index in [0.717, 1.165) is 54.1 Å². The lowest BCUT2D eigenvalue weighted by Crippen LogP contribution is -2.45. The molecule has 45 heavy (non-hydrogen) atoms. The standard InChI is InChI=1S/C30H23F7N4O4/c31-26-22(30(35,36)37)12-1-16-13-23(40-27(16)26)28(44)41(14-24(42)38-18-4-5-18)15-25(43)39-19-6-10-21(11-7-19)45-20-8-2-17(3-9-20)29(32,33)34/h1-3,6-13,18,40H,4-5,14-15H2,(H,38,42)(H,39,43). The van der Waals surface area contributed by atoms with Crippen molar-refractivity contribution in [3.8, 4) is 11.5 Å². The summed E-state index contributed by atoms with van der Waals surface area (Å²) in [4.78, 5) is 41.9. The minimum atomic E-state index is -4.97. The third-order valence-corrected chi connectivity index (χ3v) is 6.72. The number of rotatable bonds is 9. The van der Waals surface area contributed by atoms with Crippen molar-refractivity contribution in [1.82, 2.24) is 15.2 Å². The molecule has 0 bridgehead atoms. The van der Waals surface area contributed by atoms with Crippen molar-refractivity contribution in [2.24, 2.45) is 0 Å². The summed E-state index contributed by atoms with van der Waals surface area (Å²) in [5.74, 6) is -3.43. The number of nitrogens with one attached hydrogen (secondary N) is 3. The van der Waals surface area contributed by atoms with Crippen molar-refractivity contribution in [1.29, 1.82) is 0 Å². The van der Waals surface area contributed by atoms with Crippen LogP contribution in [0.25, 0.3) is 10.9 Å². The van der Waals surface area contributed by atoms with Crippen LogP contribution in [-0.4, -0.2) is 46.7 Å². The van der Waals surface area contributed by atoms with Crippen molar-refractivity contribution in [3.05, 3.63) is 89.4 Å². The number of hydrogen-bond acceptors (Lipinski definition) is 4. The number of carbonyl (C=O) groups excluding carboxylic acids is 3. The van der Waals surface area contributed by atoms with E-state index in [0.29, 0.717) is 6.07 Å². The second-order valence-corrected chi connectivity index (χ2v) is 10.3. The van der Waals surface area contributed by atoms with Gasteiger partial charge in [-0.05, 0) is 73.5 Å². The molecule has 8 nitrogen and oxygen atoms in total. The lowest BCUT2D eigenvalue weighted by Gasteiger charge is -2.21. The van der Waals surface area contributed by atoms with Crippen LogP contribution < -0.4 is 15.4 Å². The number of anilines is 1. The van der Waals surface area contributed by atoms with E-state index >= 15 is 0 Å². The molecule has 0 unspecified atom stereocenters. The molecule has 5 rings (SSSR count). The molecular formula is C30H23F7N4O4. The number of aromatic nitrogens is 1. The van der Waals surface area contributed by atoms with Gasteiger partial charge in [-0.15, -0.1) is 0 Å². The molecule has 1 saturated carbocycles. The molecule has 3 amide bonds. The van der Waals surface area contributed by atoms with Crippen LogP contribution in [0.4, 0.5) is 36.4 Å². The molecule has 1 heterocycles. The van der Waals surface area contributed by atoms with Crippen molar-refractivity contribution in [2.45, 2.75) is 31.2 Å². The van der Waals surface area contributed by atoms with Crippen molar-refractivity contribution < 1.29 is 49.9 Å². The molecule has 0 aliphatic heterocycles. The van der Waals surface area contributed by atoms with E-state index in [4.69, 9.17) is 4.74 Å². The van der Waals surface area contributed by atoms with Gasteiger partial charge < -0.3 is 25.3 Å². The number of hydrogen-bond donors (Lipinski definition) is 3. The van der Waals surface area contributed by atoms with Crippen LogP contribution in [0.5, 0.6) is 11.5 Å². The van der Waals surface area contributed by atoms with Gasteiger partial charge in [0.2, 0.25) is 11.8 Å². The number of fused-ring (bicyclic) bond motifs is 1. The first-order valence-corrected chi connectivity index (χ1v) is 13.4. The van der Waals surface area contributed by atoms with E-state index in [9.17, 15) is 45.1 Å². The molecule has 1 aliphatic carbocycles. The summed E-state index contributed by atoms with van der Waals surface area (Å²) in [6, 6.07) is 12.4. The molecule has 3 N–H and O–H groups in total. The number of ether oxygens (including phenoxy) is 1. The van der Waals surface area contributed by atoms with Crippen LogP contribution in [0.15, 0.2) is 66.7 Å². The number of nitrogens with zero attached hydrogens (tertiary/aromatic N) is 1. The highest BCUT2D eigenvalue weighted by atomic mass is 19.4. The summed E-state index contributed by atoms with van der Waals surface area (Å²) < 4.78 is 97.9. The number of aromatic amines is 1. The minimum absolute atomic E-state index is 0.0192. The fraction of sp³-hybridized carbons (Fsp3) is 0.233. The Kier molecular flexibility index (Phi) is 8.45. The van der Waals surface area contributed by atoms with Gasteiger partial charge in [0.25, 0.3) is 5.91 Å². The van der Waals surface area contributed by atoms with Crippen LogP contribution in [0, 0.1) is 5.82 Å². The lowest BCUT2D eigenvalue weighted by molar-refractivity contribution is -0.140. The number of benzene rings is 3. The zero-order chi connectivity index (χ0) is 32.5. The fourth-order valence-corrected chi connectivity index (χ4v) is 4.37. The molecule has 3 aromatic carbocycles. The maximum Gasteiger partial charge on any atom is 0.419 e. The van der Waals surface area contributed by atoms with Crippen LogP contribution >= 0.6 is 0 Å². The second-order valence-electron chi connectivity index (χ2n) is 10.3. The summed E-state index contributed by atoms with van der Waals surface area (Å²) in [6.07, 6.45) is -7.96. The molecule has 1 fully saturated rings. The van der Waals surface area contributed by atoms with E-state index < -0.39 is 65.6 Å². The van der Waals surface area contributed by atoms with Gasteiger partial charge in [0.15, 0.2) is 5.82 Å². The van der Waals surface area contributed by atoms with Crippen LogP contribution in [0.3, 0.4) is 0 Å². The van der Waals surface area contributed by atoms with E-state index in [-0.39, 0.29) is 34.3 Å². The summed E-state index contributed by atoms with van der Waals surface area (Å²) in [5, 5.41) is 5.20. The molecular weight excluding hydrogens is 613 g/mol. The molecule has 1 aliphatic rings. The van der Waals surface area contributed by atoms with Gasteiger partial charge in [0.1, 0.15) is 30.3 Å². The van der Waals surface area contributed by atoms with Crippen LogP contribution in [0.2, 0.25) is 0 Å². The normalized spacial score (nSPS) is 13.4. The topological polar surface area (TPSA) is 104 Å². The quantitative estimate of drug-likeness (QED) is 0.183. The van der Waals surface area contributed by atoms with Gasteiger partial charge in [-0.1, -0.05) is 6.07 Å². The molecule has 15 heteroatoms. The zero-order valence-electron chi connectivity index (χ0n) is 23.0. The number of alkyl halides is 6. The van der Waals surface area contributed by atoms with E-state index in [1.807, 2.05) is 0 Å². The van der Waals surface area contributed by atoms with Gasteiger partial charge >= 0.3 is 12.4 Å². The average molecular weight is 637 g/mol. The van der Waals surface area contributed by atoms with E-state index in [1.54, 1.807) is 0 Å². The van der Waals surface area contributed by atoms with Crippen molar-refractivity contribution in [2.75, 3.05) is 18.4 Å². The monoisotopic (exact) mass is 636 g/mol. The number of carbonyl (C=O) groups is 3. The third-order valence-electron chi connectivity index (χ3n) is 6.72. The van der Waals surface area contributed by atoms with E-state index in [1.165, 1.54) is 24.3 Å². The predicted octanol–water partition coefficient (Wildman–Crippen LogP) is 6.50. The average Bonchev–Trinajstić information content (AvgIpc) is 3.66. The number of amides is 3. The number of H-pyrrole nitrogens is 1. The Morgan fingerprint density at radius 1 is 0.822 bits per heavy atom. The summed E-state index contributed by atoms with van der Waals surface area (Å²) in [6.45, 7) is -1.21. The number of halogens is 7. The van der Waals surface area contributed by atoms with Crippen molar-refractivity contribution >= 4 is 34.3 Å². The highest BCUT2D eigenvalue weighted by Crippen LogP contribution is 2.35. The van der Waals surface area contributed by atoms with Crippen LogP contribution in [0.1, 0.15) is 34.5 Å². The Morgan fingerprint density at radius 3 is 2.00 bits per heavy atom. The van der Waals surface area contributed by atoms with Gasteiger partial charge in [-0.3, -0.25) is 14.4 Å².